The number of carbonyl (C=O) groups excluding carboxylic acids is 2. The molecule has 7 heteroatoms. The molecule has 5 nitrogen and oxygen atoms in total. The van der Waals surface area contributed by atoms with Crippen molar-refractivity contribution in [2.45, 2.75) is 6.42 Å². The first-order valence-electron chi connectivity index (χ1n) is 5.67. The van der Waals surface area contributed by atoms with Crippen LogP contribution < -0.4 is 10.7 Å². The van der Waals surface area contributed by atoms with Crippen molar-refractivity contribution >= 4 is 41.2 Å². The number of hydrogen-bond donors (Lipinski definition) is 2. The van der Waals surface area contributed by atoms with Crippen LogP contribution in [0.25, 0.3) is 0 Å². The van der Waals surface area contributed by atoms with E-state index in [-0.39, 0.29) is 6.42 Å². The highest BCUT2D eigenvalue weighted by atomic mass is 35.5. The molecule has 2 amide bonds. The van der Waals surface area contributed by atoms with Crippen LogP contribution in [0.4, 0.5) is 0 Å². The van der Waals surface area contributed by atoms with Gasteiger partial charge < -0.3 is 5.32 Å². The van der Waals surface area contributed by atoms with Gasteiger partial charge in [0, 0.05) is 17.1 Å². The highest BCUT2D eigenvalue weighted by Crippen LogP contribution is 2.19. The molecule has 2 N–H and O–H groups in total. The lowest BCUT2D eigenvalue weighted by atomic mass is 10.2. The lowest BCUT2D eigenvalue weighted by Crippen LogP contribution is -2.29. The molecular weight excluding hydrogens is 301 g/mol. The molecule has 0 atom stereocenters. The second kappa shape index (κ2) is 8.35. The number of amides is 2. The Morgan fingerprint density at radius 3 is 2.70 bits per heavy atom. The van der Waals surface area contributed by atoms with E-state index in [9.17, 15) is 9.59 Å². The molecule has 0 spiro atoms. The molecule has 106 valence electrons. The summed E-state index contributed by atoms with van der Waals surface area (Å²) < 4.78 is 0. The predicted molar refractivity (Wildman–Crippen MR) is 80.0 cm³/mol. The van der Waals surface area contributed by atoms with Crippen LogP contribution in [-0.2, 0) is 9.59 Å². The normalized spacial score (nSPS) is 10.3. The lowest BCUT2D eigenvalue weighted by Gasteiger charge is -2.01. The number of carbonyl (C=O) groups is 2. The highest BCUT2D eigenvalue weighted by Gasteiger charge is 2.07. The molecule has 0 saturated heterocycles. The molecule has 0 unspecified atom stereocenters. The standard InChI is InChI=1S/C13H13Cl2N3O2/c1-2-5-16-12(19)7-13(20)18-17-8-9-3-4-10(14)6-11(9)15/h2-4,6,8H,1,5,7H2,(H,16,19)(H,18,20)/b17-8+. The van der Waals surface area contributed by atoms with Crippen LogP contribution in [0.1, 0.15) is 12.0 Å². The molecule has 0 aliphatic rings. The average molecular weight is 314 g/mol. The van der Waals surface area contributed by atoms with Crippen LogP contribution >= 0.6 is 23.2 Å². The zero-order valence-electron chi connectivity index (χ0n) is 10.5. The van der Waals surface area contributed by atoms with Gasteiger partial charge in [-0.3, -0.25) is 9.59 Å². The van der Waals surface area contributed by atoms with Crippen molar-refractivity contribution in [3.8, 4) is 0 Å². The largest absolute Gasteiger partial charge is 0.352 e. The first-order chi connectivity index (χ1) is 9.52. The van der Waals surface area contributed by atoms with Crippen molar-refractivity contribution in [3.05, 3.63) is 46.5 Å². The van der Waals surface area contributed by atoms with E-state index >= 15 is 0 Å². The van der Waals surface area contributed by atoms with Crippen LogP contribution in [0, 0.1) is 0 Å². The van der Waals surface area contributed by atoms with Gasteiger partial charge in [0.25, 0.3) is 0 Å². The third-order valence-electron chi connectivity index (χ3n) is 2.12. The number of nitrogens with zero attached hydrogens (tertiary/aromatic N) is 1. The van der Waals surface area contributed by atoms with Gasteiger partial charge >= 0.3 is 0 Å². The van der Waals surface area contributed by atoms with E-state index in [1.54, 1.807) is 18.2 Å². The second-order valence-corrected chi connectivity index (χ2v) is 4.57. The molecule has 1 rings (SSSR count). The van der Waals surface area contributed by atoms with Crippen LogP contribution in [0.2, 0.25) is 10.0 Å². The summed E-state index contributed by atoms with van der Waals surface area (Å²) in [5.41, 5.74) is 2.84. The summed E-state index contributed by atoms with van der Waals surface area (Å²) in [6.45, 7) is 3.76. The zero-order chi connectivity index (χ0) is 15.0. The van der Waals surface area contributed by atoms with Gasteiger partial charge in [-0.1, -0.05) is 35.3 Å². The van der Waals surface area contributed by atoms with Crippen molar-refractivity contribution < 1.29 is 9.59 Å². The topological polar surface area (TPSA) is 70.6 Å². The number of halogens is 2. The van der Waals surface area contributed by atoms with Crippen LogP contribution in [-0.4, -0.2) is 24.6 Å². The first-order valence-corrected chi connectivity index (χ1v) is 6.43. The van der Waals surface area contributed by atoms with E-state index in [4.69, 9.17) is 23.2 Å². The molecule has 1 aromatic rings. The monoisotopic (exact) mass is 313 g/mol. The third-order valence-corrected chi connectivity index (χ3v) is 2.68. The molecule has 0 bridgehead atoms. The Hall–Kier alpha value is -1.85. The van der Waals surface area contributed by atoms with Crippen molar-refractivity contribution in [3.63, 3.8) is 0 Å². The minimum atomic E-state index is -0.520. The molecule has 20 heavy (non-hydrogen) atoms. The Labute approximate surface area is 126 Å². The fourth-order valence-electron chi connectivity index (χ4n) is 1.21. The number of hydrazone groups is 1. The minimum absolute atomic E-state index is 0.306. The molecule has 0 heterocycles. The van der Waals surface area contributed by atoms with Crippen molar-refractivity contribution in [2.24, 2.45) is 5.10 Å². The van der Waals surface area contributed by atoms with Gasteiger partial charge in [0.05, 0.1) is 11.2 Å². The second-order valence-electron chi connectivity index (χ2n) is 3.73. The maximum atomic E-state index is 11.4. The summed E-state index contributed by atoms with van der Waals surface area (Å²) >= 11 is 11.7. The molecule has 0 aliphatic heterocycles. The van der Waals surface area contributed by atoms with E-state index in [1.165, 1.54) is 12.3 Å². The van der Waals surface area contributed by atoms with Gasteiger partial charge in [0.15, 0.2) is 0 Å². The minimum Gasteiger partial charge on any atom is -0.352 e. The first kappa shape index (κ1) is 16.2. The Bertz CT molecular complexity index is 544. The molecule has 0 aromatic heterocycles. The average Bonchev–Trinajstić information content (AvgIpc) is 2.39. The number of nitrogens with one attached hydrogen (secondary N) is 2. The van der Waals surface area contributed by atoms with Crippen molar-refractivity contribution in [2.75, 3.05) is 6.54 Å². The summed E-state index contributed by atoms with van der Waals surface area (Å²) in [6.07, 6.45) is 2.59. The van der Waals surface area contributed by atoms with E-state index in [0.717, 1.165) is 0 Å². The van der Waals surface area contributed by atoms with E-state index in [0.29, 0.717) is 22.2 Å². The fourth-order valence-corrected chi connectivity index (χ4v) is 1.67. The Morgan fingerprint density at radius 1 is 1.30 bits per heavy atom. The quantitative estimate of drug-likeness (QED) is 0.365. The number of rotatable bonds is 6. The van der Waals surface area contributed by atoms with Crippen LogP contribution in [0.5, 0.6) is 0 Å². The third kappa shape index (κ3) is 5.86. The number of hydrogen-bond acceptors (Lipinski definition) is 3. The zero-order valence-corrected chi connectivity index (χ0v) is 12.0. The SMILES string of the molecule is C=CCNC(=O)CC(=O)N/N=C/c1ccc(Cl)cc1Cl. The maximum Gasteiger partial charge on any atom is 0.249 e. The van der Waals surface area contributed by atoms with Gasteiger partial charge in [0.1, 0.15) is 6.42 Å². The Morgan fingerprint density at radius 2 is 2.05 bits per heavy atom. The summed E-state index contributed by atoms with van der Waals surface area (Å²) in [4.78, 5) is 22.6. The van der Waals surface area contributed by atoms with Crippen LogP contribution in [0.3, 0.4) is 0 Å². The van der Waals surface area contributed by atoms with Gasteiger partial charge in [-0.2, -0.15) is 5.10 Å². The van der Waals surface area contributed by atoms with E-state index < -0.39 is 11.8 Å². The lowest BCUT2D eigenvalue weighted by molar-refractivity contribution is -0.129. The van der Waals surface area contributed by atoms with Gasteiger partial charge in [-0.25, -0.2) is 5.43 Å². The summed E-state index contributed by atoms with van der Waals surface area (Å²) in [5, 5.41) is 7.12. The Kier molecular flexibility index (Phi) is 6.76. The Balaban J connectivity index is 2.45. The fraction of sp³-hybridized carbons (Fsp3) is 0.154. The van der Waals surface area contributed by atoms with Gasteiger partial charge in [-0.15, -0.1) is 6.58 Å². The molecule has 1 aromatic carbocycles. The van der Waals surface area contributed by atoms with Crippen molar-refractivity contribution in [1.29, 1.82) is 0 Å². The molecule has 0 aliphatic carbocycles. The van der Waals surface area contributed by atoms with E-state index in [1.807, 2.05) is 0 Å². The van der Waals surface area contributed by atoms with Crippen molar-refractivity contribution in [1.82, 2.24) is 10.7 Å². The maximum absolute atomic E-state index is 11.4. The summed E-state index contributed by atoms with van der Waals surface area (Å²) in [5.74, 6) is -0.921. The van der Waals surface area contributed by atoms with Crippen LogP contribution in [0.15, 0.2) is 36.0 Å². The predicted octanol–water partition coefficient (Wildman–Crippen LogP) is 2.14. The molecule has 0 saturated carbocycles. The number of benzene rings is 1. The highest BCUT2D eigenvalue weighted by molar-refractivity contribution is 6.36. The summed E-state index contributed by atoms with van der Waals surface area (Å²) in [7, 11) is 0. The molecule has 0 radical (unpaired) electrons. The van der Waals surface area contributed by atoms with Gasteiger partial charge in [-0.05, 0) is 12.1 Å². The molecular formula is C13H13Cl2N3O2. The smallest absolute Gasteiger partial charge is 0.249 e. The van der Waals surface area contributed by atoms with Gasteiger partial charge in [0.2, 0.25) is 11.8 Å². The summed E-state index contributed by atoms with van der Waals surface area (Å²) in [6, 6.07) is 4.88. The van der Waals surface area contributed by atoms with E-state index in [2.05, 4.69) is 22.4 Å². The molecule has 0 fully saturated rings.